The first-order valence-electron chi connectivity index (χ1n) is 7.43. The fourth-order valence-electron chi connectivity index (χ4n) is 1.89. The summed E-state index contributed by atoms with van der Waals surface area (Å²) in [7, 11) is 0. The van der Waals surface area contributed by atoms with Crippen molar-refractivity contribution in [3.63, 3.8) is 0 Å². The van der Waals surface area contributed by atoms with Crippen LogP contribution in [0.1, 0.15) is 41.0 Å². The van der Waals surface area contributed by atoms with Crippen LogP contribution in [0.15, 0.2) is 36.7 Å². The topological polar surface area (TPSA) is 71.1 Å². The maximum absolute atomic E-state index is 12.3. The van der Waals surface area contributed by atoms with Gasteiger partial charge in [0.25, 0.3) is 11.8 Å². The number of nitrogens with zero attached hydrogens (tertiary/aromatic N) is 1. The first kappa shape index (κ1) is 18.2. The third kappa shape index (κ3) is 4.46. The Morgan fingerprint density at radius 1 is 1.17 bits per heavy atom. The largest absolute Gasteiger partial charge is 0.350 e. The Morgan fingerprint density at radius 2 is 1.83 bits per heavy atom. The number of pyridine rings is 1. The number of carbonyl (C=O) groups excluding carboxylic acids is 2. The van der Waals surface area contributed by atoms with Crippen LogP contribution in [0.5, 0.6) is 0 Å². The van der Waals surface area contributed by atoms with E-state index in [1.165, 1.54) is 18.5 Å². The second kappa shape index (κ2) is 8.13. The molecule has 2 rings (SSSR count). The third-order valence-corrected chi connectivity index (χ3v) is 4.27. The van der Waals surface area contributed by atoms with Gasteiger partial charge < -0.3 is 10.6 Å². The molecule has 1 unspecified atom stereocenters. The number of rotatable bonds is 5. The van der Waals surface area contributed by atoms with Gasteiger partial charge in [-0.15, -0.1) is 0 Å². The molecule has 1 aromatic heterocycles. The van der Waals surface area contributed by atoms with Crippen LogP contribution in [0.2, 0.25) is 10.0 Å². The minimum Gasteiger partial charge on any atom is -0.350 e. The molecule has 0 aliphatic heterocycles. The lowest BCUT2D eigenvalue weighted by Crippen LogP contribution is -2.32. The van der Waals surface area contributed by atoms with Gasteiger partial charge in [-0.05, 0) is 31.5 Å². The zero-order valence-corrected chi connectivity index (χ0v) is 14.8. The minimum atomic E-state index is -0.426. The molecule has 0 saturated heterocycles. The Kier molecular flexibility index (Phi) is 6.17. The fourth-order valence-corrected chi connectivity index (χ4v) is 2.24. The number of anilines is 1. The van der Waals surface area contributed by atoms with Crippen molar-refractivity contribution in [1.29, 1.82) is 0 Å². The Hall–Kier alpha value is -2.11. The first-order chi connectivity index (χ1) is 11.4. The van der Waals surface area contributed by atoms with Crippen molar-refractivity contribution in [1.82, 2.24) is 10.3 Å². The molecule has 2 N–H and O–H groups in total. The van der Waals surface area contributed by atoms with Crippen molar-refractivity contribution < 1.29 is 9.59 Å². The number of aromatic nitrogens is 1. The quantitative estimate of drug-likeness (QED) is 0.834. The Morgan fingerprint density at radius 3 is 2.50 bits per heavy atom. The average molecular weight is 366 g/mol. The standard InChI is InChI=1S/C17H17Cl2N3O2/c1-3-10(2)21-16(23)11-7-12(9-20-8-11)17(24)22-14-6-4-5-13(18)15(14)19/h4-10H,3H2,1-2H3,(H,21,23)(H,22,24). The zero-order chi connectivity index (χ0) is 17.7. The van der Waals surface area contributed by atoms with Crippen molar-refractivity contribution in [2.75, 3.05) is 5.32 Å². The lowest BCUT2D eigenvalue weighted by atomic mass is 10.1. The van der Waals surface area contributed by atoms with Gasteiger partial charge in [0.1, 0.15) is 0 Å². The Labute approximate surface area is 150 Å². The molecular formula is C17H17Cl2N3O2. The summed E-state index contributed by atoms with van der Waals surface area (Å²) in [6.07, 6.45) is 3.61. The number of carbonyl (C=O) groups is 2. The molecule has 0 fully saturated rings. The predicted molar refractivity (Wildman–Crippen MR) is 95.9 cm³/mol. The summed E-state index contributed by atoms with van der Waals surface area (Å²) >= 11 is 12.0. The molecule has 5 nitrogen and oxygen atoms in total. The summed E-state index contributed by atoms with van der Waals surface area (Å²) in [5, 5.41) is 6.09. The van der Waals surface area contributed by atoms with E-state index in [2.05, 4.69) is 15.6 Å². The van der Waals surface area contributed by atoms with Gasteiger partial charge in [0.2, 0.25) is 0 Å². The average Bonchev–Trinajstić information content (AvgIpc) is 2.58. The van der Waals surface area contributed by atoms with Crippen LogP contribution >= 0.6 is 23.2 Å². The van der Waals surface area contributed by atoms with E-state index in [9.17, 15) is 9.59 Å². The second-order valence-corrected chi connectivity index (χ2v) is 6.09. The molecule has 0 spiro atoms. The maximum atomic E-state index is 12.3. The van der Waals surface area contributed by atoms with Crippen LogP contribution in [0, 0.1) is 0 Å². The highest BCUT2D eigenvalue weighted by molar-refractivity contribution is 6.44. The summed E-state index contributed by atoms with van der Waals surface area (Å²) < 4.78 is 0. The van der Waals surface area contributed by atoms with Crippen molar-refractivity contribution >= 4 is 40.7 Å². The van der Waals surface area contributed by atoms with Gasteiger partial charge in [0.15, 0.2) is 0 Å². The normalized spacial score (nSPS) is 11.7. The highest BCUT2D eigenvalue weighted by Gasteiger charge is 2.14. The van der Waals surface area contributed by atoms with Gasteiger partial charge in [-0.1, -0.05) is 36.2 Å². The number of amides is 2. The molecule has 126 valence electrons. The van der Waals surface area contributed by atoms with E-state index in [4.69, 9.17) is 23.2 Å². The van der Waals surface area contributed by atoms with E-state index >= 15 is 0 Å². The summed E-state index contributed by atoms with van der Waals surface area (Å²) in [5.41, 5.74) is 0.964. The van der Waals surface area contributed by atoms with Gasteiger partial charge in [-0.2, -0.15) is 0 Å². The second-order valence-electron chi connectivity index (χ2n) is 5.30. The highest BCUT2D eigenvalue weighted by atomic mass is 35.5. The summed E-state index contributed by atoms with van der Waals surface area (Å²) in [4.78, 5) is 28.4. The molecule has 1 heterocycles. The fraction of sp³-hybridized carbons (Fsp3) is 0.235. The van der Waals surface area contributed by atoms with Crippen molar-refractivity contribution in [3.8, 4) is 0 Å². The molecule has 0 radical (unpaired) electrons. The minimum absolute atomic E-state index is 0.0419. The molecule has 7 heteroatoms. The van der Waals surface area contributed by atoms with Crippen LogP contribution in [0.3, 0.4) is 0 Å². The molecule has 0 bridgehead atoms. The highest BCUT2D eigenvalue weighted by Crippen LogP contribution is 2.29. The van der Waals surface area contributed by atoms with Gasteiger partial charge in [-0.25, -0.2) is 0 Å². The number of hydrogen-bond acceptors (Lipinski definition) is 3. The van der Waals surface area contributed by atoms with Crippen LogP contribution in [-0.2, 0) is 0 Å². The van der Waals surface area contributed by atoms with Crippen LogP contribution in [-0.4, -0.2) is 22.8 Å². The molecule has 0 saturated carbocycles. The Bertz CT molecular complexity index is 765. The smallest absolute Gasteiger partial charge is 0.257 e. The van der Waals surface area contributed by atoms with Crippen molar-refractivity contribution in [3.05, 3.63) is 57.8 Å². The SMILES string of the molecule is CCC(C)NC(=O)c1cncc(C(=O)Nc2cccc(Cl)c2Cl)c1. The molecule has 0 aliphatic carbocycles. The number of benzene rings is 1. The molecule has 2 amide bonds. The Balaban J connectivity index is 2.17. The zero-order valence-electron chi connectivity index (χ0n) is 13.3. The molecule has 24 heavy (non-hydrogen) atoms. The van der Waals surface area contributed by atoms with E-state index in [-0.39, 0.29) is 22.5 Å². The predicted octanol–water partition coefficient (Wildman–Crippen LogP) is 4.17. The van der Waals surface area contributed by atoms with Gasteiger partial charge in [0, 0.05) is 18.4 Å². The molecule has 1 aromatic carbocycles. The lowest BCUT2D eigenvalue weighted by molar-refractivity contribution is 0.0939. The summed E-state index contributed by atoms with van der Waals surface area (Å²) in [6, 6.07) is 6.47. The molecular weight excluding hydrogens is 349 g/mol. The van der Waals surface area contributed by atoms with Gasteiger partial charge in [0.05, 0.1) is 26.9 Å². The van der Waals surface area contributed by atoms with E-state index in [1.54, 1.807) is 18.2 Å². The number of hydrogen-bond donors (Lipinski definition) is 2. The monoisotopic (exact) mass is 365 g/mol. The van der Waals surface area contributed by atoms with Crippen LogP contribution in [0.25, 0.3) is 0 Å². The van der Waals surface area contributed by atoms with Crippen molar-refractivity contribution in [2.24, 2.45) is 0 Å². The van der Waals surface area contributed by atoms with Crippen molar-refractivity contribution in [2.45, 2.75) is 26.3 Å². The lowest BCUT2D eigenvalue weighted by Gasteiger charge is -2.12. The molecule has 2 aromatic rings. The summed E-state index contributed by atoms with van der Waals surface area (Å²) in [5.74, 6) is -0.697. The van der Waals surface area contributed by atoms with E-state index in [0.29, 0.717) is 16.3 Å². The van der Waals surface area contributed by atoms with E-state index in [0.717, 1.165) is 6.42 Å². The van der Waals surface area contributed by atoms with E-state index < -0.39 is 5.91 Å². The van der Waals surface area contributed by atoms with E-state index in [1.807, 2.05) is 13.8 Å². The third-order valence-electron chi connectivity index (χ3n) is 3.45. The summed E-state index contributed by atoms with van der Waals surface area (Å²) in [6.45, 7) is 3.88. The number of halogens is 2. The van der Waals surface area contributed by atoms with Gasteiger partial charge >= 0.3 is 0 Å². The number of nitrogens with one attached hydrogen (secondary N) is 2. The van der Waals surface area contributed by atoms with Crippen LogP contribution in [0.4, 0.5) is 5.69 Å². The molecule has 0 aliphatic rings. The molecule has 1 atom stereocenters. The maximum Gasteiger partial charge on any atom is 0.257 e. The first-order valence-corrected chi connectivity index (χ1v) is 8.19. The van der Waals surface area contributed by atoms with Crippen LogP contribution < -0.4 is 10.6 Å². The van der Waals surface area contributed by atoms with Gasteiger partial charge in [-0.3, -0.25) is 14.6 Å².